The Bertz CT molecular complexity index is 1790. The summed E-state index contributed by atoms with van der Waals surface area (Å²) < 4.78 is 0. The van der Waals surface area contributed by atoms with E-state index in [9.17, 15) is 0 Å². The molecule has 2 heteroatoms. The highest BCUT2D eigenvalue weighted by molar-refractivity contribution is 6.11. The van der Waals surface area contributed by atoms with E-state index >= 15 is 0 Å². The van der Waals surface area contributed by atoms with Crippen molar-refractivity contribution in [3.05, 3.63) is 169 Å². The largest absolute Gasteiger partial charge is 0.396 e. The van der Waals surface area contributed by atoms with Crippen LogP contribution < -0.4 is 5.73 Å². The molecule has 0 saturated carbocycles. The number of benzene rings is 5. The lowest BCUT2D eigenvalue weighted by Gasteiger charge is -2.19. The van der Waals surface area contributed by atoms with Gasteiger partial charge in [0.1, 0.15) is 0 Å². The standard InChI is InChI=1S/C37H28N2/c1-2-30(26-15-7-3-8-16-26)34(28-19-11-5-12-20-28)31-23-24-32-35(29-21-13-6-14-22-29)33(25-39-37(32)36(31)38)27-17-9-4-10-18-27/h2-25H,1,38H2/b34-30+. The first-order valence-electron chi connectivity index (χ1n) is 13.1. The van der Waals surface area contributed by atoms with Crippen LogP contribution in [-0.4, -0.2) is 4.98 Å². The number of aromatic nitrogens is 1. The van der Waals surface area contributed by atoms with E-state index in [2.05, 4.69) is 104 Å². The molecule has 0 aliphatic heterocycles. The highest BCUT2D eigenvalue weighted by atomic mass is 14.7. The number of fused-ring (bicyclic) bond motifs is 1. The van der Waals surface area contributed by atoms with Crippen molar-refractivity contribution in [2.24, 2.45) is 0 Å². The second-order valence-electron chi connectivity index (χ2n) is 9.43. The van der Waals surface area contributed by atoms with Gasteiger partial charge in [-0.05, 0) is 33.4 Å². The maximum absolute atomic E-state index is 7.03. The van der Waals surface area contributed by atoms with Crippen molar-refractivity contribution in [2.45, 2.75) is 0 Å². The van der Waals surface area contributed by atoms with E-state index in [4.69, 9.17) is 10.7 Å². The van der Waals surface area contributed by atoms with E-state index in [1.54, 1.807) is 0 Å². The molecule has 0 aliphatic carbocycles. The van der Waals surface area contributed by atoms with Crippen molar-refractivity contribution in [1.82, 2.24) is 4.98 Å². The molecule has 1 aromatic heterocycles. The van der Waals surface area contributed by atoms with Crippen LogP contribution in [0.4, 0.5) is 5.69 Å². The first kappa shape index (κ1) is 24.1. The predicted molar refractivity (Wildman–Crippen MR) is 166 cm³/mol. The number of nitrogen functional groups attached to an aromatic ring is 1. The van der Waals surface area contributed by atoms with Crippen LogP contribution in [0, 0.1) is 0 Å². The zero-order valence-electron chi connectivity index (χ0n) is 21.6. The van der Waals surface area contributed by atoms with Crippen LogP contribution in [0.15, 0.2) is 152 Å². The monoisotopic (exact) mass is 500 g/mol. The molecule has 2 N–H and O–H groups in total. The summed E-state index contributed by atoms with van der Waals surface area (Å²) in [5.41, 5.74) is 18.1. The smallest absolute Gasteiger partial charge is 0.0944 e. The molecule has 0 aliphatic rings. The number of nitrogens with two attached hydrogens (primary N) is 1. The van der Waals surface area contributed by atoms with Gasteiger partial charge in [0.05, 0.1) is 11.2 Å². The molecule has 0 fully saturated rings. The first-order valence-corrected chi connectivity index (χ1v) is 13.1. The van der Waals surface area contributed by atoms with E-state index < -0.39 is 0 Å². The summed E-state index contributed by atoms with van der Waals surface area (Å²) in [5.74, 6) is 0. The van der Waals surface area contributed by atoms with Crippen LogP contribution in [0.1, 0.15) is 16.7 Å². The molecule has 0 spiro atoms. The van der Waals surface area contributed by atoms with Gasteiger partial charge in [-0.3, -0.25) is 4.98 Å². The van der Waals surface area contributed by atoms with E-state index in [-0.39, 0.29) is 0 Å². The van der Waals surface area contributed by atoms with Gasteiger partial charge in [-0.25, -0.2) is 0 Å². The molecule has 6 rings (SSSR count). The molecule has 0 saturated heterocycles. The van der Waals surface area contributed by atoms with Crippen LogP contribution in [0.25, 0.3) is 44.3 Å². The second-order valence-corrected chi connectivity index (χ2v) is 9.43. The Kier molecular flexibility index (Phi) is 6.59. The number of hydrogen-bond acceptors (Lipinski definition) is 2. The highest BCUT2D eigenvalue weighted by Crippen LogP contribution is 2.42. The molecule has 0 radical (unpaired) electrons. The third-order valence-electron chi connectivity index (χ3n) is 7.12. The zero-order valence-corrected chi connectivity index (χ0v) is 21.6. The Morgan fingerprint density at radius 3 is 1.74 bits per heavy atom. The average molecular weight is 501 g/mol. The zero-order chi connectivity index (χ0) is 26.6. The Morgan fingerprint density at radius 1 is 0.615 bits per heavy atom. The molecule has 0 bridgehead atoms. The van der Waals surface area contributed by atoms with Crippen molar-refractivity contribution < 1.29 is 0 Å². The number of hydrogen-bond donors (Lipinski definition) is 1. The van der Waals surface area contributed by atoms with Gasteiger partial charge in [0.2, 0.25) is 0 Å². The first-order chi connectivity index (χ1) is 19.3. The van der Waals surface area contributed by atoms with Crippen LogP contribution in [-0.2, 0) is 0 Å². The van der Waals surface area contributed by atoms with Gasteiger partial charge in [-0.1, -0.05) is 146 Å². The molecule has 0 amide bonds. The van der Waals surface area contributed by atoms with E-state index in [1.807, 2.05) is 48.7 Å². The van der Waals surface area contributed by atoms with Crippen molar-refractivity contribution in [3.63, 3.8) is 0 Å². The minimum Gasteiger partial charge on any atom is -0.396 e. The van der Waals surface area contributed by atoms with Gasteiger partial charge in [-0.15, -0.1) is 0 Å². The summed E-state index contributed by atoms with van der Waals surface area (Å²) in [6, 6.07) is 45.9. The maximum Gasteiger partial charge on any atom is 0.0944 e. The second kappa shape index (κ2) is 10.6. The Labute approximate surface area is 229 Å². The van der Waals surface area contributed by atoms with Crippen LogP contribution in [0.2, 0.25) is 0 Å². The third kappa shape index (κ3) is 4.54. The van der Waals surface area contributed by atoms with Gasteiger partial charge in [0.15, 0.2) is 0 Å². The number of allylic oxidation sites excluding steroid dienone is 2. The molecule has 39 heavy (non-hydrogen) atoms. The van der Waals surface area contributed by atoms with Crippen molar-refractivity contribution in [1.29, 1.82) is 0 Å². The average Bonchev–Trinajstić information content (AvgIpc) is 3.01. The van der Waals surface area contributed by atoms with Crippen LogP contribution >= 0.6 is 0 Å². The van der Waals surface area contributed by atoms with Crippen molar-refractivity contribution in [3.8, 4) is 22.3 Å². The van der Waals surface area contributed by atoms with Crippen LogP contribution in [0.3, 0.4) is 0 Å². The molecule has 2 nitrogen and oxygen atoms in total. The fraction of sp³-hybridized carbons (Fsp3) is 0. The fourth-order valence-corrected chi connectivity index (χ4v) is 5.30. The summed E-state index contributed by atoms with van der Waals surface area (Å²) in [7, 11) is 0. The van der Waals surface area contributed by atoms with Gasteiger partial charge >= 0.3 is 0 Å². The Balaban J connectivity index is 1.66. The molecule has 1 heterocycles. The number of nitrogens with zero attached hydrogens (tertiary/aromatic N) is 1. The summed E-state index contributed by atoms with van der Waals surface area (Å²) in [6.45, 7) is 4.19. The maximum atomic E-state index is 7.03. The van der Waals surface area contributed by atoms with Gasteiger partial charge in [-0.2, -0.15) is 0 Å². The molecular weight excluding hydrogens is 472 g/mol. The number of rotatable bonds is 6. The van der Waals surface area contributed by atoms with Gasteiger partial charge in [0.25, 0.3) is 0 Å². The number of anilines is 1. The Morgan fingerprint density at radius 2 is 1.15 bits per heavy atom. The minimum absolute atomic E-state index is 0.651. The van der Waals surface area contributed by atoms with Gasteiger partial charge < -0.3 is 5.73 Å². The Hall–Kier alpha value is -5.21. The summed E-state index contributed by atoms with van der Waals surface area (Å²) in [4.78, 5) is 4.96. The predicted octanol–water partition coefficient (Wildman–Crippen LogP) is 9.30. The molecule has 6 aromatic rings. The third-order valence-corrected chi connectivity index (χ3v) is 7.12. The highest BCUT2D eigenvalue weighted by Gasteiger charge is 2.20. The van der Waals surface area contributed by atoms with E-state index in [1.165, 1.54) is 0 Å². The lowest BCUT2D eigenvalue weighted by atomic mass is 9.86. The molecule has 0 atom stereocenters. The van der Waals surface area contributed by atoms with Gasteiger partial charge in [0, 0.05) is 28.3 Å². The van der Waals surface area contributed by atoms with Crippen molar-refractivity contribution >= 4 is 27.7 Å². The minimum atomic E-state index is 0.651. The lowest BCUT2D eigenvalue weighted by Crippen LogP contribution is -2.01. The lowest BCUT2D eigenvalue weighted by molar-refractivity contribution is 1.40. The molecular formula is C37H28N2. The SMILES string of the molecule is C=C/C(=C(/c1ccccc1)c1ccc2c(-c3ccccc3)c(-c3ccccc3)cnc2c1N)c1ccccc1. The summed E-state index contributed by atoms with van der Waals surface area (Å²) in [5, 5.41) is 1.02. The molecule has 186 valence electrons. The molecule has 0 unspecified atom stereocenters. The summed E-state index contributed by atoms with van der Waals surface area (Å²) in [6.07, 6.45) is 3.88. The van der Waals surface area contributed by atoms with E-state index in [0.29, 0.717) is 5.69 Å². The fourth-order valence-electron chi connectivity index (χ4n) is 5.30. The quantitative estimate of drug-likeness (QED) is 0.141. The van der Waals surface area contributed by atoms with Crippen LogP contribution in [0.5, 0.6) is 0 Å². The topological polar surface area (TPSA) is 38.9 Å². The van der Waals surface area contributed by atoms with Crippen molar-refractivity contribution in [2.75, 3.05) is 5.73 Å². The normalized spacial score (nSPS) is 11.7. The van der Waals surface area contributed by atoms with E-state index in [0.717, 1.165) is 61.0 Å². The molecule has 5 aromatic carbocycles. The summed E-state index contributed by atoms with van der Waals surface area (Å²) >= 11 is 0. The number of pyridine rings is 1.